The maximum atomic E-state index is 11.2. The molecule has 0 aliphatic carbocycles. The Balaban J connectivity index is 3.63. The first kappa shape index (κ1) is 16.6. The summed E-state index contributed by atoms with van der Waals surface area (Å²) in [5, 5.41) is 22.3. The highest BCUT2D eigenvalue weighted by atomic mass is 16.6. The zero-order chi connectivity index (χ0) is 16.4. The van der Waals surface area contributed by atoms with E-state index in [1.807, 2.05) is 20.8 Å². The molecule has 0 heterocycles. The summed E-state index contributed by atoms with van der Waals surface area (Å²) in [6.07, 6.45) is 3.25. The maximum Gasteiger partial charge on any atom is 0.283 e. The topological polar surface area (TPSA) is 89.5 Å². The lowest BCUT2D eigenvalue weighted by Gasteiger charge is -2.19. The van der Waals surface area contributed by atoms with Gasteiger partial charge in [0.15, 0.2) is 0 Å². The van der Waals surface area contributed by atoms with Crippen molar-refractivity contribution in [1.82, 2.24) is 4.90 Å². The standard InChI is InChI=1S/C14H19N3O4/c1-14(2,3)11-8-10(6-7-15(4)5)12(16(18)19)9-13(11)17(20)21/h6-9H,1-5H3. The number of benzene rings is 1. The predicted molar refractivity (Wildman–Crippen MR) is 81.2 cm³/mol. The van der Waals surface area contributed by atoms with Gasteiger partial charge in [-0.3, -0.25) is 20.2 Å². The molecule has 0 saturated carbocycles. The second-order valence-corrected chi connectivity index (χ2v) is 5.97. The van der Waals surface area contributed by atoms with Crippen molar-refractivity contribution < 1.29 is 9.85 Å². The minimum absolute atomic E-state index is 0.226. The van der Waals surface area contributed by atoms with Crippen molar-refractivity contribution >= 4 is 17.5 Å². The number of nitro benzene ring substituents is 2. The van der Waals surface area contributed by atoms with Gasteiger partial charge in [-0.2, -0.15) is 0 Å². The predicted octanol–water partition coefficient (Wildman–Crippen LogP) is 3.33. The molecule has 0 unspecified atom stereocenters. The Morgan fingerprint density at radius 1 is 1.05 bits per heavy atom. The van der Waals surface area contributed by atoms with E-state index in [0.717, 1.165) is 6.07 Å². The molecular formula is C14H19N3O4. The van der Waals surface area contributed by atoms with Crippen LogP contribution >= 0.6 is 0 Å². The average Bonchev–Trinajstić information content (AvgIpc) is 2.33. The molecular weight excluding hydrogens is 274 g/mol. The van der Waals surface area contributed by atoms with E-state index in [1.165, 1.54) is 6.07 Å². The molecule has 0 amide bonds. The van der Waals surface area contributed by atoms with Crippen molar-refractivity contribution in [2.24, 2.45) is 0 Å². The van der Waals surface area contributed by atoms with Crippen LogP contribution in [-0.4, -0.2) is 28.8 Å². The molecule has 0 bridgehead atoms. The van der Waals surface area contributed by atoms with Crippen LogP contribution in [-0.2, 0) is 5.41 Å². The van der Waals surface area contributed by atoms with Gasteiger partial charge in [-0.1, -0.05) is 20.8 Å². The Bertz CT molecular complexity index is 601. The van der Waals surface area contributed by atoms with Crippen molar-refractivity contribution in [1.29, 1.82) is 0 Å². The van der Waals surface area contributed by atoms with Crippen LogP contribution in [0.3, 0.4) is 0 Å². The van der Waals surface area contributed by atoms with Gasteiger partial charge in [0.25, 0.3) is 11.4 Å². The van der Waals surface area contributed by atoms with E-state index >= 15 is 0 Å². The molecule has 1 aromatic carbocycles. The maximum absolute atomic E-state index is 11.2. The quantitative estimate of drug-likeness (QED) is 0.627. The molecule has 0 radical (unpaired) electrons. The zero-order valence-corrected chi connectivity index (χ0v) is 12.8. The second kappa shape index (κ2) is 5.90. The van der Waals surface area contributed by atoms with Crippen LogP contribution in [0, 0.1) is 20.2 Å². The minimum Gasteiger partial charge on any atom is -0.383 e. The van der Waals surface area contributed by atoms with Gasteiger partial charge in [-0.25, -0.2) is 0 Å². The number of hydrogen-bond donors (Lipinski definition) is 0. The first-order valence-electron chi connectivity index (χ1n) is 6.36. The molecule has 0 N–H and O–H groups in total. The van der Waals surface area contributed by atoms with Crippen LogP contribution in [0.4, 0.5) is 11.4 Å². The number of hydrogen-bond acceptors (Lipinski definition) is 5. The molecule has 0 fully saturated rings. The molecule has 0 spiro atoms. The third-order valence-electron chi connectivity index (χ3n) is 2.90. The van der Waals surface area contributed by atoms with Crippen LogP contribution < -0.4 is 0 Å². The number of nitrogens with zero attached hydrogens (tertiary/aromatic N) is 3. The third kappa shape index (κ3) is 4.01. The molecule has 7 heteroatoms. The molecule has 21 heavy (non-hydrogen) atoms. The average molecular weight is 293 g/mol. The second-order valence-electron chi connectivity index (χ2n) is 5.97. The summed E-state index contributed by atoms with van der Waals surface area (Å²) >= 11 is 0. The highest BCUT2D eigenvalue weighted by molar-refractivity contribution is 5.67. The van der Waals surface area contributed by atoms with Crippen LogP contribution in [0.2, 0.25) is 0 Å². The van der Waals surface area contributed by atoms with E-state index < -0.39 is 15.3 Å². The zero-order valence-electron chi connectivity index (χ0n) is 12.8. The van der Waals surface area contributed by atoms with Crippen molar-refractivity contribution in [2.45, 2.75) is 26.2 Å². The Kier molecular flexibility index (Phi) is 4.67. The lowest BCUT2D eigenvalue weighted by Crippen LogP contribution is -2.14. The lowest BCUT2D eigenvalue weighted by molar-refractivity contribution is -0.394. The van der Waals surface area contributed by atoms with Crippen LogP contribution in [0.25, 0.3) is 6.08 Å². The summed E-state index contributed by atoms with van der Waals surface area (Å²) in [5.41, 5.74) is -0.164. The summed E-state index contributed by atoms with van der Waals surface area (Å²) < 4.78 is 0. The van der Waals surface area contributed by atoms with Crippen molar-refractivity contribution in [3.8, 4) is 0 Å². The highest BCUT2D eigenvalue weighted by Gasteiger charge is 2.29. The minimum atomic E-state index is -0.602. The van der Waals surface area contributed by atoms with Gasteiger partial charge in [0.1, 0.15) is 0 Å². The van der Waals surface area contributed by atoms with Gasteiger partial charge in [0.05, 0.1) is 21.5 Å². The molecule has 0 aliphatic rings. The van der Waals surface area contributed by atoms with Gasteiger partial charge < -0.3 is 4.90 Å². The SMILES string of the molecule is CN(C)C=Cc1cc(C(C)(C)C)c([N+](=O)[O-])cc1[N+](=O)[O-]. The van der Waals surface area contributed by atoms with Gasteiger partial charge in [0, 0.05) is 19.7 Å². The van der Waals surface area contributed by atoms with E-state index in [4.69, 9.17) is 0 Å². The molecule has 0 aromatic heterocycles. The molecule has 7 nitrogen and oxygen atoms in total. The fourth-order valence-electron chi connectivity index (χ4n) is 1.87. The van der Waals surface area contributed by atoms with Crippen LogP contribution in [0.1, 0.15) is 31.9 Å². The van der Waals surface area contributed by atoms with Crippen LogP contribution in [0.15, 0.2) is 18.3 Å². The normalized spacial score (nSPS) is 11.7. The highest BCUT2D eigenvalue weighted by Crippen LogP contribution is 2.36. The fraction of sp³-hybridized carbons (Fsp3) is 0.429. The summed E-state index contributed by atoms with van der Waals surface area (Å²) in [4.78, 5) is 22.9. The van der Waals surface area contributed by atoms with E-state index in [2.05, 4.69) is 0 Å². The Morgan fingerprint density at radius 2 is 1.57 bits per heavy atom. The number of rotatable bonds is 4. The first-order chi connectivity index (χ1) is 9.54. The third-order valence-corrected chi connectivity index (χ3v) is 2.90. The van der Waals surface area contributed by atoms with E-state index in [0.29, 0.717) is 11.1 Å². The largest absolute Gasteiger partial charge is 0.383 e. The van der Waals surface area contributed by atoms with Gasteiger partial charge in [-0.15, -0.1) is 0 Å². The summed E-state index contributed by atoms with van der Waals surface area (Å²) in [7, 11) is 3.58. The summed E-state index contributed by atoms with van der Waals surface area (Å²) in [6.45, 7) is 5.50. The Morgan fingerprint density at radius 3 is 1.95 bits per heavy atom. The Labute approximate surface area is 123 Å². The molecule has 1 rings (SSSR count). The van der Waals surface area contributed by atoms with E-state index in [-0.39, 0.29) is 11.4 Å². The van der Waals surface area contributed by atoms with Gasteiger partial charge in [0.2, 0.25) is 0 Å². The number of nitro groups is 2. The fourth-order valence-corrected chi connectivity index (χ4v) is 1.87. The molecule has 0 saturated heterocycles. The molecule has 0 atom stereocenters. The van der Waals surface area contributed by atoms with E-state index in [1.54, 1.807) is 31.3 Å². The first-order valence-corrected chi connectivity index (χ1v) is 6.36. The molecule has 1 aromatic rings. The Hall–Kier alpha value is -2.44. The smallest absolute Gasteiger partial charge is 0.283 e. The summed E-state index contributed by atoms with van der Waals surface area (Å²) in [6, 6.07) is 2.56. The van der Waals surface area contributed by atoms with Crippen LogP contribution in [0.5, 0.6) is 0 Å². The van der Waals surface area contributed by atoms with E-state index in [9.17, 15) is 20.2 Å². The van der Waals surface area contributed by atoms with Crippen molar-refractivity contribution in [3.05, 3.63) is 49.7 Å². The van der Waals surface area contributed by atoms with Gasteiger partial charge >= 0.3 is 0 Å². The molecule has 114 valence electrons. The lowest BCUT2D eigenvalue weighted by atomic mass is 9.84. The van der Waals surface area contributed by atoms with Crippen molar-refractivity contribution in [2.75, 3.05) is 14.1 Å². The molecule has 0 aliphatic heterocycles. The monoisotopic (exact) mass is 293 g/mol. The summed E-state index contributed by atoms with van der Waals surface area (Å²) in [5.74, 6) is 0. The van der Waals surface area contributed by atoms with Gasteiger partial charge in [-0.05, 0) is 23.8 Å². The van der Waals surface area contributed by atoms with Crippen molar-refractivity contribution in [3.63, 3.8) is 0 Å².